The van der Waals surface area contributed by atoms with Crippen LogP contribution < -0.4 is 10.0 Å². The number of nitrogens with one attached hydrogen (secondary N) is 2. The molecule has 3 rings (SSSR count). The van der Waals surface area contributed by atoms with Gasteiger partial charge in [0.2, 0.25) is 0 Å². The molecule has 1 aromatic heterocycles. The number of carbonyl (C=O) groups excluding carboxylic acids is 2. The Labute approximate surface area is 226 Å². The van der Waals surface area contributed by atoms with Crippen LogP contribution in [0.4, 0.5) is 17.6 Å². The highest BCUT2D eigenvalue weighted by Gasteiger charge is 2.47. The van der Waals surface area contributed by atoms with Gasteiger partial charge in [0.25, 0.3) is 11.8 Å². The summed E-state index contributed by atoms with van der Waals surface area (Å²) in [4.78, 5) is 29.3. The number of halogens is 4. The SMILES string of the molecule is CSCC[C@H](NC(=O)c1cccc(/C=C(/Cn2ccnc2)c2ccc(F)cc2)c1)C(=O)NS(=O)(=O)C(F)(F)F. The lowest BCUT2D eigenvalue weighted by Crippen LogP contribution is -2.51. The molecule has 0 aliphatic rings. The van der Waals surface area contributed by atoms with Crippen molar-refractivity contribution in [2.45, 2.75) is 24.5 Å². The van der Waals surface area contributed by atoms with E-state index < -0.39 is 39.2 Å². The lowest BCUT2D eigenvalue weighted by molar-refractivity contribution is -0.121. The minimum Gasteiger partial charge on any atom is -0.340 e. The summed E-state index contributed by atoms with van der Waals surface area (Å²) in [7, 11) is -5.93. The van der Waals surface area contributed by atoms with Gasteiger partial charge in [-0.3, -0.25) is 9.59 Å². The lowest BCUT2D eigenvalue weighted by Gasteiger charge is -2.19. The first kappa shape index (κ1) is 29.9. The van der Waals surface area contributed by atoms with E-state index in [-0.39, 0.29) is 17.7 Å². The summed E-state index contributed by atoms with van der Waals surface area (Å²) in [5, 5.41) is 2.33. The van der Waals surface area contributed by atoms with Crippen molar-refractivity contribution in [3.63, 3.8) is 0 Å². The van der Waals surface area contributed by atoms with Crippen molar-refractivity contribution < 1.29 is 35.6 Å². The van der Waals surface area contributed by atoms with Crippen LogP contribution in [0.1, 0.15) is 27.9 Å². The lowest BCUT2D eigenvalue weighted by atomic mass is 10.0. The van der Waals surface area contributed by atoms with Crippen LogP contribution in [-0.4, -0.2) is 53.3 Å². The number of thioether (sulfide) groups is 1. The molecule has 2 amide bonds. The Morgan fingerprint density at radius 2 is 1.85 bits per heavy atom. The van der Waals surface area contributed by atoms with Crippen molar-refractivity contribution in [3.05, 3.63) is 89.8 Å². The number of nitrogens with zero attached hydrogens (tertiary/aromatic N) is 2. The number of rotatable bonds is 11. The van der Waals surface area contributed by atoms with Gasteiger partial charge in [-0.15, -0.1) is 0 Å². The van der Waals surface area contributed by atoms with Crippen LogP contribution >= 0.6 is 11.8 Å². The van der Waals surface area contributed by atoms with Crippen LogP contribution in [-0.2, 0) is 21.4 Å². The van der Waals surface area contributed by atoms with Gasteiger partial charge in [-0.25, -0.2) is 14.1 Å². The zero-order chi connectivity index (χ0) is 28.6. The Morgan fingerprint density at radius 3 is 2.46 bits per heavy atom. The monoisotopic (exact) mass is 584 g/mol. The number of hydrogen-bond donors (Lipinski definition) is 2. The summed E-state index contributed by atoms with van der Waals surface area (Å²) < 4.78 is 77.2. The number of amides is 2. The number of carbonyl (C=O) groups is 2. The van der Waals surface area contributed by atoms with Crippen LogP contribution in [0.25, 0.3) is 11.6 Å². The highest BCUT2D eigenvalue weighted by Crippen LogP contribution is 2.23. The molecule has 3 aromatic rings. The zero-order valence-electron chi connectivity index (χ0n) is 20.5. The smallest absolute Gasteiger partial charge is 0.340 e. The Bertz CT molecular complexity index is 1430. The Kier molecular flexibility index (Phi) is 9.92. The van der Waals surface area contributed by atoms with Gasteiger partial charge in [-0.1, -0.05) is 24.3 Å². The van der Waals surface area contributed by atoms with Crippen molar-refractivity contribution in [1.29, 1.82) is 0 Å². The van der Waals surface area contributed by atoms with Crippen LogP contribution in [0.5, 0.6) is 0 Å². The van der Waals surface area contributed by atoms with Gasteiger partial charge in [0.05, 0.1) is 6.33 Å². The van der Waals surface area contributed by atoms with Crippen molar-refractivity contribution >= 4 is 45.2 Å². The second-order valence-electron chi connectivity index (χ2n) is 8.26. The van der Waals surface area contributed by atoms with E-state index >= 15 is 0 Å². The van der Waals surface area contributed by atoms with Gasteiger partial charge < -0.3 is 9.88 Å². The number of aromatic nitrogens is 2. The molecule has 0 aliphatic heterocycles. The summed E-state index contributed by atoms with van der Waals surface area (Å²) in [5.74, 6) is -2.41. The van der Waals surface area contributed by atoms with E-state index in [1.54, 1.807) is 59.9 Å². The van der Waals surface area contributed by atoms with Crippen LogP contribution in [0.2, 0.25) is 0 Å². The third-order valence-electron chi connectivity index (χ3n) is 5.39. The molecule has 0 radical (unpaired) electrons. The van der Waals surface area contributed by atoms with Crippen LogP contribution in [0.3, 0.4) is 0 Å². The molecular weight excluding hydrogens is 560 g/mol. The van der Waals surface area contributed by atoms with Crippen molar-refractivity contribution in [2.24, 2.45) is 0 Å². The molecule has 0 saturated heterocycles. The number of benzene rings is 2. The van der Waals surface area contributed by atoms with E-state index in [0.717, 1.165) is 15.9 Å². The zero-order valence-corrected chi connectivity index (χ0v) is 22.1. The van der Waals surface area contributed by atoms with Crippen LogP contribution in [0.15, 0.2) is 67.3 Å². The molecule has 39 heavy (non-hydrogen) atoms. The van der Waals surface area contributed by atoms with Gasteiger partial charge in [0.15, 0.2) is 0 Å². The predicted molar refractivity (Wildman–Crippen MR) is 140 cm³/mol. The van der Waals surface area contributed by atoms with Crippen molar-refractivity contribution in [2.75, 3.05) is 12.0 Å². The molecule has 208 valence electrons. The first-order valence-corrected chi connectivity index (χ1v) is 14.2. The van der Waals surface area contributed by atoms with Gasteiger partial charge in [0, 0.05) is 24.5 Å². The Hall–Kier alpha value is -3.65. The summed E-state index contributed by atoms with van der Waals surface area (Å²) in [5.41, 5.74) is -3.53. The summed E-state index contributed by atoms with van der Waals surface area (Å²) in [6.45, 7) is 0.382. The molecule has 0 saturated carbocycles. The molecule has 1 atom stereocenters. The maximum atomic E-state index is 13.5. The quantitative estimate of drug-likeness (QED) is 0.260. The van der Waals surface area contributed by atoms with E-state index in [4.69, 9.17) is 0 Å². The third-order valence-corrected chi connectivity index (χ3v) is 7.11. The first-order chi connectivity index (χ1) is 18.4. The topological polar surface area (TPSA) is 110 Å². The molecule has 0 fully saturated rings. The normalized spacial score (nSPS) is 13.1. The van der Waals surface area contributed by atoms with Crippen molar-refractivity contribution in [3.8, 4) is 0 Å². The van der Waals surface area contributed by atoms with E-state index in [1.165, 1.54) is 36.0 Å². The molecule has 0 aliphatic carbocycles. The third kappa shape index (κ3) is 8.42. The van der Waals surface area contributed by atoms with E-state index in [9.17, 15) is 35.6 Å². The van der Waals surface area contributed by atoms with Gasteiger partial charge >= 0.3 is 15.5 Å². The number of alkyl halides is 3. The molecule has 8 nitrogen and oxygen atoms in total. The first-order valence-electron chi connectivity index (χ1n) is 11.3. The summed E-state index contributed by atoms with van der Waals surface area (Å²) >= 11 is 1.26. The molecule has 2 aromatic carbocycles. The van der Waals surface area contributed by atoms with E-state index in [0.29, 0.717) is 12.1 Å². The number of hydrogen-bond acceptors (Lipinski definition) is 6. The standard InChI is InChI=1S/C25H24F4N4O4S2/c1-38-12-9-22(24(35)32-39(36,37)25(27,28)29)31-23(34)19-4-2-3-17(13-19)14-20(15-33-11-10-30-16-33)18-5-7-21(26)8-6-18/h2-8,10-11,13-14,16,22H,9,12,15H2,1H3,(H,31,34)(H,32,35)/b20-14-/t22-/m0/s1. The Morgan fingerprint density at radius 1 is 1.13 bits per heavy atom. The molecule has 2 N–H and O–H groups in total. The second kappa shape index (κ2) is 12.9. The maximum Gasteiger partial charge on any atom is 0.516 e. The predicted octanol–water partition coefficient (Wildman–Crippen LogP) is 4.08. The molecule has 0 spiro atoms. The molecule has 1 heterocycles. The van der Waals surface area contributed by atoms with Crippen molar-refractivity contribution in [1.82, 2.24) is 19.6 Å². The number of imidazole rings is 1. The average molecular weight is 585 g/mol. The fraction of sp³-hybridized carbons (Fsp3) is 0.240. The van der Waals surface area contributed by atoms with Gasteiger partial charge in [0.1, 0.15) is 11.9 Å². The van der Waals surface area contributed by atoms with E-state index in [1.807, 2.05) is 0 Å². The molecule has 0 bridgehead atoms. The summed E-state index contributed by atoms with van der Waals surface area (Å²) in [6.07, 6.45) is 8.32. The number of allylic oxidation sites excluding steroid dienone is 1. The minimum atomic E-state index is -5.93. The molecule has 14 heteroatoms. The largest absolute Gasteiger partial charge is 0.516 e. The highest BCUT2D eigenvalue weighted by molar-refractivity contribution is 7.98. The maximum absolute atomic E-state index is 13.5. The molecule has 0 unspecified atom stereocenters. The average Bonchev–Trinajstić information content (AvgIpc) is 3.39. The van der Waals surface area contributed by atoms with E-state index in [2.05, 4.69) is 10.3 Å². The van der Waals surface area contributed by atoms with Crippen LogP contribution in [0, 0.1) is 5.82 Å². The van der Waals surface area contributed by atoms with Gasteiger partial charge in [-0.05, 0) is 65.5 Å². The van der Waals surface area contributed by atoms with Gasteiger partial charge in [-0.2, -0.15) is 33.4 Å². The number of sulfonamides is 1. The Balaban J connectivity index is 1.86. The summed E-state index contributed by atoms with van der Waals surface area (Å²) in [6, 6.07) is 10.6. The molecular formula is C25H24F4N4O4S2. The second-order valence-corrected chi connectivity index (χ2v) is 10.9. The fourth-order valence-electron chi connectivity index (χ4n) is 3.44. The minimum absolute atomic E-state index is 0.0884. The highest BCUT2D eigenvalue weighted by atomic mass is 32.2. The fourth-order valence-corrected chi connectivity index (χ4v) is 4.43.